The van der Waals surface area contributed by atoms with E-state index in [0.29, 0.717) is 23.8 Å². The Morgan fingerprint density at radius 1 is 1.38 bits per heavy atom. The molecule has 114 valence electrons. The first kappa shape index (κ1) is 14.4. The zero-order valence-corrected chi connectivity index (χ0v) is 12.6. The van der Waals surface area contributed by atoms with Crippen molar-refractivity contribution in [3.05, 3.63) is 35.6 Å². The van der Waals surface area contributed by atoms with E-state index in [0.717, 1.165) is 31.5 Å². The Morgan fingerprint density at radius 2 is 2.19 bits per heavy atom. The molecule has 1 heterocycles. The predicted molar refractivity (Wildman–Crippen MR) is 83.8 cm³/mol. The zero-order chi connectivity index (χ0) is 14.8. The number of piperidine rings is 1. The average Bonchev–Trinajstić information content (AvgIpc) is 2.42. The molecule has 0 aromatic heterocycles. The summed E-state index contributed by atoms with van der Waals surface area (Å²) in [4.78, 5) is 6.88. The van der Waals surface area contributed by atoms with Gasteiger partial charge in [0.25, 0.3) is 0 Å². The van der Waals surface area contributed by atoms with Gasteiger partial charge in [0.15, 0.2) is 5.96 Å². The smallest absolute Gasteiger partial charge is 0.191 e. The van der Waals surface area contributed by atoms with Crippen molar-refractivity contribution in [1.82, 2.24) is 4.90 Å². The van der Waals surface area contributed by atoms with Crippen LogP contribution in [0.2, 0.25) is 0 Å². The van der Waals surface area contributed by atoms with Crippen LogP contribution >= 0.6 is 0 Å². The predicted octanol–water partition coefficient (Wildman–Crippen LogP) is 3.12. The van der Waals surface area contributed by atoms with Crippen LogP contribution in [0.15, 0.2) is 29.3 Å². The number of nitrogens with two attached hydrogens (primary N) is 1. The van der Waals surface area contributed by atoms with Crippen LogP contribution < -0.4 is 5.73 Å². The molecule has 2 N–H and O–H groups in total. The van der Waals surface area contributed by atoms with Crippen molar-refractivity contribution in [2.75, 3.05) is 13.1 Å². The largest absolute Gasteiger partial charge is 0.370 e. The number of halogens is 1. The Bertz CT molecular complexity index is 523. The Kier molecular flexibility index (Phi) is 4.13. The lowest BCUT2D eigenvalue weighted by Gasteiger charge is -2.36. The minimum absolute atomic E-state index is 0.152. The maximum absolute atomic E-state index is 13.2. The van der Waals surface area contributed by atoms with Gasteiger partial charge in [0.2, 0.25) is 0 Å². The number of hydrogen-bond acceptors (Lipinski definition) is 1. The van der Waals surface area contributed by atoms with Gasteiger partial charge in [-0.3, -0.25) is 0 Å². The van der Waals surface area contributed by atoms with Crippen LogP contribution in [0.4, 0.5) is 4.39 Å². The molecule has 2 aliphatic rings. The van der Waals surface area contributed by atoms with Crippen molar-refractivity contribution >= 4 is 5.96 Å². The second-order valence-electron chi connectivity index (χ2n) is 6.56. The zero-order valence-electron chi connectivity index (χ0n) is 12.6. The van der Waals surface area contributed by atoms with E-state index >= 15 is 0 Å². The van der Waals surface area contributed by atoms with Gasteiger partial charge in [0, 0.05) is 13.1 Å². The van der Waals surface area contributed by atoms with Gasteiger partial charge < -0.3 is 10.6 Å². The van der Waals surface area contributed by atoms with Crippen LogP contribution in [-0.4, -0.2) is 30.0 Å². The van der Waals surface area contributed by atoms with E-state index < -0.39 is 0 Å². The highest BCUT2D eigenvalue weighted by Crippen LogP contribution is 2.39. The number of rotatable bonds is 2. The van der Waals surface area contributed by atoms with Crippen molar-refractivity contribution in [2.45, 2.75) is 44.6 Å². The lowest BCUT2D eigenvalue weighted by molar-refractivity contribution is 0.265. The fourth-order valence-electron chi connectivity index (χ4n) is 3.39. The van der Waals surface area contributed by atoms with Crippen LogP contribution in [0.3, 0.4) is 0 Å². The molecule has 1 aliphatic heterocycles. The SMILES string of the molecule is CC1CCCN(C(N)=NC2CC(c3cccc(F)c3)C2)C1. The maximum Gasteiger partial charge on any atom is 0.191 e. The topological polar surface area (TPSA) is 41.6 Å². The van der Waals surface area contributed by atoms with Crippen molar-refractivity contribution in [2.24, 2.45) is 16.6 Å². The molecule has 1 saturated carbocycles. The molecule has 3 rings (SSSR count). The number of benzene rings is 1. The Labute approximate surface area is 126 Å². The van der Waals surface area contributed by atoms with E-state index in [4.69, 9.17) is 5.73 Å². The highest BCUT2D eigenvalue weighted by atomic mass is 19.1. The molecule has 0 bridgehead atoms. The van der Waals surface area contributed by atoms with E-state index in [9.17, 15) is 4.39 Å². The quantitative estimate of drug-likeness (QED) is 0.671. The monoisotopic (exact) mass is 289 g/mol. The number of aliphatic imine (C=N–C) groups is 1. The lowest BCUT2D eigenvalue weighted by Crippen LogP contribution is -2.44. The summed E-state index contributed by atoms with van der Waals surface area (Å²) in [5, 5.41) is 0. The van der Waals surface area contributed by atoms with E-state index in [1.165, 1.54) is 18.9 Å². The van der Waals surface area contributed by atoms with Gasteiger partial charge in [-0.15, -0.1) is 0 Å². The molecule has 1 aromatic carbocycles. The summed E-state index contributed by atoms with van der Waals surface area (Å²) >= 11 is 0. The molecule has 1 aromatic rings. The number of likely N-dealkylation sites (tertiary alicyclic amines) is 1. The fraction of sp³-hybridized carbons (Fsp3) is 0.588. The molecule has 1 unspecified atom stereocenters. The Morgan fingerprint density at radius 3 is 2.90 bits per heavy atom. The second kappa shape index (κ2) is 6.04. The Hall–Kier alpha value is -1.58. The summed E-state index contributed by atoms with van der Waals surface area (Å²) in [6, 6.07) is 7.22. The Balaban J connectivity index is 1.55. The van der Waals surface area contributed by atoms with Gasteiger partial charge in [-0.05, 0) is 55.2 Å². The van der Waals surface area contributed by atoms with Crippen LogP contribution in [-0.2, 0) is 0 Å². The molecule has 1 atom stereocenters. The molecular weight excluding hydrogens is 265 g/mol. The van der Waals surface area contributed by atoms with Gasteiger partial charge in [0.05, 0.1) is 6.04 Å². The summed E-state index contributed by atoms with van der Waals surface area (Å²) in [6.07, 6.45) is 4.45. The highest BCUT2D eigenvalue weighted by Gasteiger charge is 2.31. The molecule has 3 nitrogen and oxygen atoms in total. The standard InChI is InChI=1S/C17H24FN3/c1-12-4-3-7-21(11-12)17(19)20-16-9-14(10-16)13-5-2-6-15(18)8-13/h2,5-6,8,12,14,16H,3-4,7,9-11H2,1H3,(H2,19,20). The maximum atomic E-state index is 13.2. The van der Waals surface area contributed by atoms with Gasteiger partial charge in [-0.1, -0.05) is 19.1 Å². The summed E-state index contributed by atoms with van der Waals surface area (Å²) < 4.78 is 13.2. The first-order chi connectivity index (χ1) is 10.1. The summed E-state index contributed by atoms with van der Waals surface area (Å²) in [6.45, 7) is 4.32. The summed E-state index contributed by atoms with van der Waals surface area (Å²) in [7, 11) is 0. The van der Waals surface area contributed by atoms with Gasteiger partial charge in [-0.25, -0.2) is 9.38 Å². The molecular formula is C17H24FN3. The molecule has 0 radical (unpaired) electrons. The number of guanidine groups is 1. The minimum Gasteiger partial charge on any atom is -0.370 e. The number of hydrogen-bond donors (Lipinski definition) is 1. The van der Waals surface area contributed by atoms with E-state index in [1.807, 2.05) is 6.07 Å². The summed E-state index contributed by atoms with van der Waals surface area (Å²) in [5.74, 6) is 1.68. The van der Waals surface area contributed by atoms with Crippen molar-refractivity contribution in [3.63, 3.8) is 0 Å². The van der Waals surface area contributed by atoms with Crippen molar-refractivity contribution < 1.29 is 4.39 Å². The molecule has 0 spiro atoms. The van der Waals surface area contributed by atoms with Crippen LogP contribution in [0.1, 0.15) is 44.1 Å². The third-order valence-corrected chi connectivity index (χ3v) is 4.73. The molecule has 2 fully saturated rings. The molecule has 1 saturated heterocycles. The average molecular weight is 289 g/mol. The highest BCUT2D eigenvalue weighted by molar-refractivity contribution is 5.78. The lowest BCUT2D eigenvalue weighted by atomic mass is 9.76. The second-order valence-corrected chi connectivity index (χ2v) is 6.56. The van der Waals surface area contributed by atoms with Crippen molar-refractivity contribution in [1.29, 1.82) is 0 Å². The van der Waals surface area contributed by atoms with Gasteiger partial charge in [0.1, 0.15) is 5.82 Å². The van der Waals surface area contributed by atoms with Crippen LogP contribution in [0.25, 0.3) is 0 Å². The molecule has 0 amide bonds. The minimum atomic E-state index is -0.152. The van der Waals surface area contributed by atoms with Crippen molar-refractivity contribution in [3.8, 4) is 0 Å². The fourth-order valence-corrected chi connectivity index (χ4v) is 3.39. The normalized spacial score (nSPS) is 30.1. The third-order valence-electron chi connectivity index (χ3n) is 4.73. The van der Waals surface area contributed by atoms with E-state index in [2.05, 4.69) is 16.8 Å². The first-order valence-electron chi connectivity index (χ1n) is 7.95. The molecule has 1 aliphatic carbocycles. The van der Waals surface area contributed by atoms with Crippen LogP contribution in [0.5, 0.6) is 0 Å². The van der Waals surface area contributed by atoms with Crippen LogP contribution in [0, 0.1) is 11.7 Å². The number of nitrogens with zero attached hydrogens (tertiary/aromatic N) is 2. The molecule has 4 heteroatoms. The van der Waals surface area contributed by atoms with Gasteiger partial charge >= 0.3 is 0 Å². The third kappa shape index (κ3) is 3.36. The van der Waals surface area contributed by atoms with E-state index in [-0.39, 0.29) is 5.82 Å². The molecule has 21 heavy (non-hydrogen) atoms. The van der Waals surface area contributed by atoms with E-state index in [1.54, 1.807) is 12.1 Å². The summed E-state index contributed by atoms with van der Waals surface area (Å²) in [5.41, 5.74) is 7.23. The van der Waals surface area contributed by atoms with Gasteiger partial charge in [-0.2, -0.15) is 0 Å². The first-order valence-corrected chi connectivity index (χ1v) is 7.95.